The summed E-state index contributed by atoms with van der Waals surface area (Å²) in [6.07, 6.45) is 3.76. The van der Waals surface area contributed by atoms with Crippen molar-refractivity contribution in [2.45, 2.75) is 31.3 Å². The predicted molar refractivity (Wildman–Crippen MR) is 75.2 cm³/mol. The molecule has 1 saturated carbocycles. The van der Waals surface area contributed by atoms with Crippen molar-refractivity contribution >= 4 is 27.3 Å². The van der Waals surface area contributed by atoms with Crippen LogP contribution in [-0.4, -0.2) is 24.3 Å². The van der Waals surface area contributed by atoms with Crippen LogP contribution in [-0.2, 0) is 0 Å². The number of rotatable bonds is 3. The molecule has 1 fully saturated rings. The highest BCUT2D eigenvalue weighted by Gasteiger charge is 2.32. The Morgan fingerprint density at radius 1 is 1.44 bits per heavy atom. The third-order valence-corrected chi connectivity index (χ3v) is 4.15. The SMILES string of the molecule is CN(CC1(O)CCCC1)c1cc(Br)c(F)cc1N. The molecule has 0 saturated heterocycles. The second kappa shape index (κ2) is 5.05. The number of aliphatic hydroxyl groups is 1. The molecule has 0 amide bonds. The van der Waals surface area contributed by atoms with Gasteiger partial charge in [-0.3, -0.25) is 0 Å². The van der Waals surface area contributed by atoms with E-state index in [1.54, 1.807) is 6.07 Å². The number of hydrogen-bond acceptors (Lipinski definition) is 3. The average molecular weight is 317 g/mol. The van der Waals surface area contributed by atoms with E-state index in [4.69, 9.17) is 5.73 Å². The molecular weight excluding hydrogens is 299 g/mol. The van der Waals surface area contributed by atoms with Crippen LogP contribution in [0, 0.1) is 5.82 Å². The number of nitrogens with two attached hydrogens (primary N) is 1. The fourth-order valence-electron chi connectivity index (χ4n) is 2.60. The van der Waals surface area contributed by atoms with E-state index in [9.17, 15) is 9.50 Å². The molecule has 0 atom stereocenters. The molecule has 1 aromatic carbocycles. The van der Waals surface area contributed by atoms with Gasteiger partial charge in [-0.25, -0.2) is 4.39 Å². The van der Waals surface area contributed by atoms with Gasteiger partial charge in [-0.1, -0.05) is 12.8 Å². The Labute approximate surface area is 115 Å². The van der Waals surface area contributed by atoms with Crippen molar-refractivity contribution in [3.05, 3.63) is 22.4 Å². The van der Waals surface area contributed by atoms with E-state index in [0.29, 0.717) is 16.7 Å². The van der Waals surface area contributed by atoms with Gasteiger partial charge in [0.05, 0.1) is 21.4 Å². The molecular formula is C13H18BrFN2O. The minimum absolute atomic E-state index is 0.371. The first kappa shape index (κ1) is 13.6. The highest BCUT2D eigenvalue weighted by molar-refractivity contribution is 9.10. The van der Waals surface area contributed by atoms with Crippen LogP contribution >= 0.6 is 15.9 Å². The molecule has 0 radical (unpaired) electrons. The normalized spacial score (nSPS) is 18.0. The van der Waals surface area contributed by atoms with Crippen LogP contribution in [0.1, 0.15) is 25.7 Å². The molecule has 0 unspecified atom stereocenters. The first-order valence-electron chi connectivity index (χ1n) is 6.09. The number of benzene rings is 1. The third-order valence-electron chi connectivity index (χ3n) is 3.55. The van der Waals surface area contributed by atoms with Gasteiger partial charge in [0.2, 0.25) is 0 Å². The van der Waals surface area contributed by atoms with E-state index in [2.05, 4.69) is 15.9 Å². The van der Waals surface area contributed by atoms with E-state index >= 15 is 0 Å². The highest BCUT2D eigenvalue weighted by Crippen LogP contribution is 2.34. The Balaban J connectivity index is 2.18. The van der Waals surface area contributed by atoms with E-state index in [0.717, 1.165) is 31.4 Å². The van der Waals surface area contributed by atoms with Crippen molar-refractivity contribution in [2.24, 2.45) is 0 Å². The lowest BCUT2D eigenvalue weighted by Crippen LogP contribution is -2.39. The molecule has 0 aliphatic heterocycles. The lowest BCUT2D eigenvalue weighted by Gasteiger charge is -2.30. The Kier molecular flexibility index (Phi) is 3.82. The van der Waals surface area contributed by atoms with Gasteiger partial charge in [-0.2, -0.15) is 0 Å². The monoisotopic (exact) mass is 316 g/mol. The van der Waals surface area contributed by atoms with Gasteiger partial charge < -0.3 is 15.7 Å². The lowest BCUT2D eigenvalue weighted by molar-refractivity contribution is 0.0559. The molecule has 18 heavy (non-hydrogen) atoms. The molecule has 1 aliphatic rings. The number of anilines is 2. The Morgan fingerprint density at radius 3 is 2.67 bits per heavy atom. The smallest absolute Gasteiger partial charge is 0.139 e. The molecule has 0 heterocycles. The Morgan fingerprint density at radius 2 is 2.06 bits per heavy atom. The summed E-state index contributed by atoms with van der Waals surface area (Å²) in [5.74, 6) is -0.371. The zero-order valence-corrected chi connectivity index (χ0v) is 12.0. The number of nitrogens with zero attached hydrogens (tertiary/aromatic N) is 1. The first-order valence-corrected chi connectivity index (χ1v) is 6.89. The van der Waals surface area contributed by atoms with E-state index in [1.807, 2.05) is 11.9 Å². The minimum atomic E-state index is -0.637. The summed E-state index contributed by atoms with van der Waals surface area (Å²) in [5.41, 5.74) is 6.32. The number of hydrogen-bond donors (Lipinski definition) is 2. The van der Waals surface area contributed by atoms with Crippen molar-refractivity contribution in [1.29, 1.82) is 0 Å². The molecule has 1 aromatic rings. The topological polar surface area (TPSA) is 49.5 Å². The van der Waals surface area contributed by atoms with Crippen molar-refractivity contribution < 1.29 is 9.50 Å². The van der Waals surface area contributed by atoms with Gasteiger partial charge in [0, 0.05) is 19.7 Å². The predicted octanol–water partition coefficient (Wildman–Crippen LogP) is 2.91. The largest absolute Gasteiger partial charge is 0.397 e. The summed E-state index contributed by atoms with van der Waals surface area (Å²) in [4.78, 5) is 1.89. The van der Waals surface area contributed by atoms with Crippen LogP contribution in [0.2, 0.25) is 0 Å². The van der Waals surface area contributed by atoms with Crippen molar-refractivity contribution in [3.8, 4) is 0 Å². The first-order chi connectivity index (χ1) is 8.41. The number of halogens is 2. The van der Waals surface area contributed by atoms with Crippen LogP contribution in [0.5, 0.6) is 0 Å². The summed E-state index contributed by atoms with van der Waals surface area (Å²) >= 11 is 3.15. The number of nitrogen functional groups attached to an aromatic ring is 1. The van der Waals surface area contributed by atoms with Gasteiger partial charge in [-0.15, -0.1) is 0 Å². The summed E-state index contributed by atoms with van der Waals surface area (Å²) in [6, 6.07) is 2.96. The second-order valence-electron chi connectivity index (χ2n) is 5.11. The molecule has 1 aliphatic carbocycles. The standard InChI is InChI=1S/C13H18BrFN2O/c1-17(8-13(18)4-2-3-5-13)12-6-9(14)10(15)7-11(12)16/h6-7,18H,2-5,8,16H2,1H3. The van der Waals surface area contributed by atoms with Crippen LogP contribution in [0.4, 0.5) is 15.8 Å². The number of likely N-dealkylation sites (N-methyl/N-ethyl adjacent to an activating group) is 1. The van der Waals surface area contributed by atoms with Gasteiger partial charge in [0.15, 0.2) is 0 Å². The molecule has 0 aromatic heterocycles. The third kappa shape index (κ3) is 2.78. The molecule has 0 bridgehead atoms. The fourth-order valence-corrected chi connectivity index (χ4v) is 2.93. The van der Waals surface area contributed by atoms with Crippen LogP contribution < -0.4 is 10.6 Å². The maximum atomic E-state index is 13.3. The summed E-state index contributed by atoms with van der Waals surface area (Å²) in [5, 5.41) is 10.4. The minimum Gasteiger partial charge on any atom is -0.397 e. The highest BCUT2D eigenvalue weighted by atomic mass is 79.9. The van der Waals surface area contributed by atoms with Gasteiger partial charge in [0.25, 0.3) is 0 Å². The van der Waals surface area contributed by atoms with Crippen LogP contribution in [0.15, 0.2) is 16.6 Å². The van der Waals surface area contributed by atoms with E-state index < -0.39 is 5.60 Å². The molecule has 3 N–H and O–H groups in total. The molecule has 2 rings (SSSR count). The fraction of sp³-hybridized carbons (Fsp3) is 0.538. The second-order valence-corrected chi connectivity index (χ2v) is 5.97. The zero-order valence-electron chi connectivity index (χ0n) is 10.4. The average Bonchev–Trinajstić information content (AvgIpc) is 2.70. The zero-order chi connectivity index (χ0) is 13.3. The Bertz CT molecular complexity index is 447. The summed E-state index contributed by atoms with van der Waals surface area (Å²) in [7, 11) is 1.87. The summed E-state index contributed by atoms with van der Waals surface area (Å²) in [6.45, 7) is 0.523. The van der Waals surface area contributed by atoms with Crippen LogP contribution in [0.3, 0.4) is 0 Å². The van der Waals surface area contributed by atoms with E-state index in [1.165, 1.54) is 6.07 Å². The van der Waals surface area contributed by atoms with Crippen molar-refractivity contribution in [3.63, 3.8) is 0 Å². The van der Waals surface area contributed by atoms with Gasteiger partial charge in [-0.05, 0) is 34.8 Å². The molecule has 0 spiro atoms. The summed E-state index contributed by atoms with van der Waals surface area (Å²) < 4.78 is 13.7. The maximum Gasteiger partial charge on any atom is 0.139 e. The molecule has 5 heteroatoms. The van der Waals surface area contributed by atoms with Crippen LogP contribution in [0.25, 0.3) is 0 Å². The quantitative estimate of drug-likeness (QED) is 0.843. The van der Waals surface area contributed by atoms with Crippen molar-refractivity contribution in [1.82, 2.24) is 0 Å². The maximum absolute atomic E-state index is 13.3. The Hall–Kier alpha value is -0.810. The molecule has 100 valence electrons. The van der Waals surface area contributed by atoms with Crippen molar-refractivity contribution in [2.75, 3.05) is 24.2 Å². The molecule has 3 nitrogen and oxygen atoms in total. The lowest BCUT2D eigenvalue weighted by atomic mass is 10.0. The van der Waals surface area contributed by atoms with Gasteiger partial charge in [0.1, 0.15) is 5.82 Å². The van der Waals surface area contributed by atoms with Gasteiger partial charge >= 0.3 is 0 Å². The van der Waals surface area contributed by atoms with E-state index in [-0.39, 0.29) is 5.82 Å².